The van der Waals surface area contributed by atoms with Gasteiger partial charge in [-0.25, -0.2) is 24.5 Å². The minimum Gasteiger partial charge on any atom is -0.443 e. The highest BCUT2D eigenvalue weighted by atomic mass is 28.3. The molecule has 10 nitrogen and oxygen atoms in total. The number of ether oxygens (including phenoxy) is 2. The largest absolute Gasteiger partial charge is 0.443 e. The topological polar surface area (TPSA) is 104 Å². The third-order valence-corrected chi connectivity index (χ3v) is 7.28. The zero-order valence-corrected chi connectivity index (χ0v) is 22.2. The lowest BCUT2D eigenvalue weighted by Gasteiger charge is -2.22. The number of rotatable bonds is 7. The number of imide groups is 1. The molecule has 1 atom stereocenters. The van der Waals surface area contributed by atoms with Gasteiger partial charge in [-0.15, -0.1) is 0 Å². The Bertz CT molecular complexity index is 1220. The highest BCUT2D eigenvalue weighted by molar-refractivity contribution is 6.76. The van der Waals surface area contributed by atoms with Crippen molar-refractivity contribution in [3.63, 3.8) is 0 Å². The Morgan fingerprint density at radius 1 is 1.20 bits per heavy atom. The average molecular weight is 499 g/mol. The molecule has 3 aromatic rings. The quantitative estimate of drug-likeness (QED) is 0.379. The lowest BCUT2D eigenvalue weighted by molar-refractivity contribution is 0.0348. The van der Waals surface area contributed by atoms with E-state index in [-0.39, 0.29) is 6.54 Å². The van der Waals surface area contributed by atoms with Crippen LogP contribution in [0.2, 0.25) is 25.7 Å². The first kappa shape index (κ1) is 24.9. The summed E-state index contributed by atoms with van der Waals surface area (Å²) in [6.45, 7) is 13.6. The lowest BCUT2D eigenvalue weighted by Crippen LogP contribution is -2.38. The summed E-state index contributed by atoms with van der Waals surface area (Å²) in [5.41, 5.74) is 0.113. The summed E-state index contributed by atoms with van der Waals surface area (Å²) in [6.07, 6.45) is 4.74. The fraction of sp³-hybridized carbons (Fsp3) is 0.500. The van der Waals surface area contributed by atoms with E-state index >= 15 is 0 Å². The molecule has 1 saturated heterocycles. The predicted molar refractivity (Wildman–Crippen MR) is 135 cm³/mol. The molecule has 3 amide bonds. The molecule has 0 unspecified atom stereocenters. The van der Waals surface area contributed by atoms with Crippen molar-refractivity contribution < 1.29 is 19.1 Å². The fourth-order valence-corrected chi connectivity index (χ4v) is 4.51. The molecular formula is C24H34N6O4Si. The summed E-state index contributed by atoms with van der Waals surface area (Å²) in [7, 11) is -1.15. The van der Waals surface area contributed by atoms with Gasteiger partial charge in [0.25, 0.3) is 0 Å². The Kier molecular flexibility index (Phi) is 6.74. The SMILES string of the molecule is CC(C)(C)OC(=O)N1C[C@@H](c2nccn2-c2ccc3ccn(COCC[Si](C)(C)C)c3n2)NC1=O. The van der Waals surface area contributed by atoms with Crippen molar-refractivity contribution in [1.29, 1.82) is 0 Å². The van der Waals surface area contributed by atoms with Gasteiger partial charge in [0.2, 0.25) is 0 Å². The lowest BCUT2D eigenvalue weighted by atomic mass is 10.2. The van der Waals surface area contributed by atoms with E-state index in [0.717, 1.165) is 28.6 Å². The standard InChI is InChI=1S/C24H34N6O4Si/c1-24(2,3)34-23(32)30-15-18(26-22(30)31)21-25-10-12-29(21)19-8-7-17-9-11-28(20(17)27-19)16-33-13-14-35(4,5)6/h7-12,18H,13-16H2,1-6H3,(H,26,31)/t18-/m0/s1. The van der Waals surface area contributed by atoms with Crippen LogP contribution in [0.3, 0.4) is 0 Å². The van der Waals surface area contributed by atoms with Gasteiger partial charge in [-0.1, -0.05) is 19.6 Å². The van der Waals surface area contributed by atoms with Gasteiger partial charge in [-0.2, -0.15) is 0 Å². The molecule has 0 spiro atoms. The highest BCUT2D eigenvalue weighted by Gasteiger charge is 2.38. The van der Waals surface area contributed by atoms with E-state index in [2.05, 4.69) is 29.9 Å². The minimum atomic E-state index is -1.15. The third-order valence-electron chi connectivity index (χ3n) is 5.57. The number of carbonyl (C=O) groups excluding carboxylic acids is 2. The molecule has 11 heteroatoms. The van der Waals surface area contributed by atoms with E-state index in [4.69, 9.17) is 14.5 Å². The predicted octanol–water partition coefficient (Wildman–Crippen LogP) is 4.54. The van der Waals surface area contributed by atoms with Crippen molar-refractivity contribution in [2.75, 3.05) is 13.2 Å². The smallest absolute Gasteiger partial charge is 0.418 e. The zero-order valence-electron chi connectivity index (χ0n) is 21.2. The normalized spacial score (nSPS) is 16.7. The van der Waals surface area contributed by atoms with Gasteiger partial charge in [-0.05, 0) is 45.0 Å². The molecule has 1 N–H and O–H groups in total. The van der Waals surface area contributed by atoms with Gasteiger partial charge >= 0.3 is 12.1 Å². The molecule has 1 aliphatic heterocycles. The van der Waals surface area contributed by atoms with Crippen LogP contribution in [0.5, 0.6) is 0 Å². The molecule has 1 fully saturated rings. The summed E-state index contributed by atoms with van der Waals surface area (Å²) < 4.78 is 15.1. The molecule has 0 radical (unpaired) electrons. The molecule has 4 rings (SSSR count). The molecule has 3 aromatic heterocycles. The van der Waals surface area contributed by atoms with Gasteiger partial charge in [-0.3, -0.25) is 4.57 Å². The molecule has 0 bridgehead atoms. The Morgan fingerprint density at radius 3 is 2.69 bits per heavy atom. The van der Waals surface area contributed by atoms with E-state index in [9.17, 15) is 9.59 Å². The Balaban J connectivity index is 1.52. The summed E-state index contributed by atoms with van der Waals surface area (Å²) in [5, 5.41) is 3.84. The molecule has 0 saturated carbocycles. The number of hydrogen-bond acceptors (Lipinski definition) is 6. The van der Waals surface area contributed by atoms with Crippen molar-refractivity contribution in [2.45, 2.75) is 64.8 Å². The van der Waals surface area contributed by atoms with Crippen molar-refractivity contribution >= 4 is 31.2 Å². The van der Waals surface area contributed by atoms with Crippen LogP contribution in [-0.2, 0) is 16.2 Å². The number of imidazole rings is 1. The minimum absolute atomic E-state index is 0.119. The summed E-state index contributed by atoms with van der Waals surface area (Å²) in [6, 6.07) is 6.04. The molecule has 0 aliphatic carbocycles. The second kappa shape index (κ2) is 9.46. The summed E-state index contributed by atoms with van der Waals surface area (Å²) >= 11 is 0. The summed E-state index contributed by atoms with van der Waals surface area (Å²) in [5.74, 6) is 1.25. The monoisotopic (exact) mass is 498 g/mol. The molecule has 35 heavy (non-hydrogen) atoms. The van der Waals surface area contributed by atoms with Crippen LogP contribution >= 0.6 is 0 Å². The van der Waals surface area contributed by atoms with Crippen LogP contribution < -0.4 is 5.32 Å². The molecule has 1 aliphatic rings. The number of aromatic nitrogens is 4. The van der Waals surface area contributed by atoms with Crippen molar-refractivity contribution in [2.24, 2.45) is 0 Å². The number of hydrogen-bond donors (Lipinski definition) is 1. The second-order valence-corrected chi connectivity index (χ2v) is 16.6. The number of nitrogens with one attached hydrogen (secondary N) is 1. The zero-order chi connectivity index (χ0) is 25.4. The third kappa shape index (κ3) is 5.91. The van der Waals surface area contributed by atoms with E-state index < -0.39 is 31.8 Å². The van der Waals surface area contributed by atoms with E-state index in [1.165, 1.54) is 0 Å². The maximum absolute atomic E-state index is 12.5. The molecule has 0 aromatic carbocycles. The Labute approximate surface area is 206 Å². The highest BCUT2D eigenvalue weighted by Crippen LogP contribution is 2.24. The molecular weight excluding hydrogens is 464 g/mol. The van der Waals surface area contributed by atoms with Crippen LogP contribution in [-0.4, -0.2) is 63.0 Å². The van der Waals surface area contributed by atoms with Crippen LogP contribution in [0.15, 0.2) is 36.8 Å². The number of urea groups is 1. The van der Waals surface area contributed by atoms with E-state index in [1.807, 2.05) is 33.5 Å². The second-order valence-electron chi connectivity index (χ2n) is 11.0. The van der Waals surface area contributed by atoms with Gasteiger partial charge in [0.1, 0.15) is 35.7 Å². The number of pyridine rings is 1. The van der Waals surface area contributed by atoms with E-state index in [1.54, 1.807) is 33.2 Å². The summed E-state index contributed by atoms with van der Waals surface area (Å²) in [4.78, 5) is 35.3. The van der Waals surface area contributed by atoms with E-state index in [0.29, 0.717) is 18.4 Å². The number of amides is 3. The fourth-order valence-electron chi connectivity index (χ4n) is 3.76. The Hall–Kier alpha value is -3.18. The molecule has 188 valence electrons. The maximum Gasteiger partial charge on any atom is 0.418 e. The van der Waals surface area contributed by atoms with Gasteiger partial charge in [0.05, 0.1) is 6.54 Å². The number of carbonyl (C=O) groups is 2. The average Bonchev–Trinajstić information content (AvgIpc) is 3.47. The molecule has 4 heterocycles. The number of nitrogens with zero attached hydrogens (tertiary/aromatic N) is 5. The first-order valence-corrected chi connectivity index (χ1v) is 15.5. The van der Waals surface area contributed by atoms with Crippen LogP contribution in [0, 0.1) is 0 Å². The van der Waals surface area contributed by atoms with Crippen LogP contribution in [0.1, 0.15) is 32.6 Å². The van der Waals surface area contributed by atoms with Crippen molar-refractivity contribution in [3.05, 3.63) is 42.6 Å². The van der Waals surface area contributed by atoms with Gasteiger partial charge < -0.3 is 19.4 Å². The van der Waals surface area contributed by atoms with Gasteiger partial charge in [0.15, 0.2) is 0 Å². The van der Waals surface area contributed by atoms with Gasteiger partial charge in [0, 0.05) is 38.7 Å². The van der Waals surface area contributed by atoms with Crippen molar-refractivity contribution in [1.82, 2.24) is 29.3 Å². The first-order valence-electron chi connectivity index (χ1n) is 11.8. The van der Waals surface area contributed by atoms with Crippen LogP contribution in [0.4, 0.5) is 9.59 Å². The number of fused-ring (bicyclic) bond motifs is 1. The Morgan fingerprint density at radius 2 is 1.97 bits per heavy atom. The van der Waals surface area contributed by atoms with Crippen molar-refractivity contribution in [3.8, 4) is 5.82 Å². The van der Waals surface area contributed by atoms with Crippen LogP contribution in [0.25, 0.3) is 16.9 Å². The first-order chi connectivity index (χ1) is 16.4. The maximum atomic E-state index is 12.5.